The molecule has 3 aromatic rings. The molecule has 3 rings (SSSR count). The van der Waals surface area contributed by atoms with Crippen LogP contribution in [-0.4, -0.2) is 10.9 Å². The average Bonchev–Trinajstić information content (AvgIpc) is 3.10. The molecule has 0 atom stereocenters. The second-order valence-electron chi connectivity index (χ2n) is 5.53. The number of allylic oxidation sites excluding steroid dienone is 1. The lowest BCUT2D eigenvalue weighted by atomic mass is 10.1. The van der Waals surface area contributed by atoms with Crippen molar-refractivity contribution in [1.29, 1.82) is 0 Å². The van der Waals surface area contributed by atoms with Crippen LogP contribution in [0.4, 0.5) is 13.2 Å². The summed E-state index contributed by atoms with van der Waals surface area (Å²) in [7, 11) is 0. The molecule has 1 aromatic heterocycles. The summed E-state index contributed by atoms with van der Waals surface area (Å²) in [6.45, 7) is 0. The number of rotatable bonds is 4. The van der Waals surface area contributed by atoms with Gasteiger partial charge in [-0.1, -0.05) is 30.3 Å². The lowest BCUT2D eigenvalue weighted by Gasteiger charge is -2.06. The Balaban J connectivity index is 1.74. The summed E-state index contributed by atoms with van der Waals surface area (Å²) in [5.41, 5.74) is 0.700. The number of halogens is 3. The van der Waals surface area contributed by atoms with Crippen LogP contribution < -0.4 is 0 Å². The van der Waals surface area contributed by atoms with Crippen molar-refractivity contribution in [2.45, 2.75) is 6.18 Å². The van der Waals surface area contributed by atoms with Crippen LogP contribution >= 0.6 is 11.3 Å². The minimum Gasteiger partial charge on any atom is -0.508 e. The number of phenolic OH excluding ortho intramolecular Hbond substituents is 1. The molecule has 0 unspecified atom stereocenters. The number of carbonyl (C=O) groups is 1. The van der Waals surface area contributed by atoms with Crippen LogP contribution in [0.3, 0.4) is 0 Å². The minimum absolute atomic E-state index is 0.146. The van der Waals surface area contributed by atoms with Gasteiger partial charge in [0.1, 0.15) is 5.75 Å². The Bertz CT molecular complexity index is 936. The smallest absolute Gasteiger partial charge is 0.416 e. The Kier molecular flexibility index (Phi) is 4.95. The summed E-state index contributed by atoms with van der Waals surface area (Å²) < 4.78 is 37.8. The number of alkyl halides is 3. The van der Waals surface area contributed by atoms with E-state index >= 15 is 0 Å². The Morgan fingerprint density at radius 1 is 0.923 bits per heavy atom. The van der Waals surface area contributed by atoms with Crippen molar-refractivity contribution >= 4 is 23.2 Å². The fraction of sp³-hybridized carbons (Fsp3) is 0.0500. The Hall–Kier alpha value is -2.86. The van der Waals surface area contributed by atoms with E-state index in [2.05, 4.69) is 0 Å². The van der Waals surface area contributed by atoms with Gasteiger partial charge in [-0.3, -0.25) is 4.79 Å². The largest absolute Gasteiger partial charge is 0.508 e. The van der Waals surface area contributed by atoms with Crippen molar-refractivity contribution < 1.29 is 23.1 Å². The first-order valence-electron chi connectivity index (χ1n) is 7.62. The standard InChI is InChI=1S/C20H13F3O2S/c21-20(22,23)15-6-4-14(5-7-15)18-11-12-19(26-18)17(25)10-3-13-1-8-16(24)9-2-13/h1-12,24H. The van der Waals surface area contributed by atoms with Crippen molar-refractivity contribution in [3.63, 3.8) is 0 Å². The third-order valence-corrected chi connectivity index (χ3v) is 4.81. The van der Waals surface area contributed by atoms with Crippen molar-refractivity contribution in [1.82, 2.24) is 0 Å². The summed E-state index contributed by atoms with van der Waals surface area (Å²) in [6.07, 6.45) is -1.30. The maximum absolute atomic E-state index is 12.6. The number of ketones is 1. The van der Waals surface area contributed by atoms with Crippen LogP contribution in [-0.2, 0) is 6.18 Å². The summed E-state index contributed by atoms with van der Waals surface area (Å²) in [4.78, 5) is 13.5. The number of aromatic hydroxyl groups is 1. The van der Waals surface area contributed by atoms with Crippen LogP contribution in [0.5, 0.6) is 5.75 Å². The first kappa shape index (κ1) is 17.9. The molecule has 0 aliphatic rings. The van der Waals surface area contributed by atoms with Crippen molar-refractivity contribution in [2.75, 3.05) is 0 Å². The topological polar surface area (TPSA) is 37.3 Å². The van der Waals surface area contributed by atoms with Gasteiger partial charge >= 0.3 is 6.18 Å². The van der Waals surface area contributed by atoms with Gasteiger partial charge in [-0.15, -0.1) is 11.3 Å². The summed E-state index contributed by atoms with van der Waals surface area (Å²) in [6, 6.07) is 14.6. The van der Waals surface area contributed by atoms with E-state index in [0.29, 0.717) is 10.4 Å². The molecule has 0 saturated heterocycles. The molecule has 26 heavy (non-hydrogen) atoms. The molecule has 0 spiro atoms. The van der Waals surface area contributed by atoms with E-state index in [1.807, 2.05) is 0 Å². The zero-order valence-electron chi connectivity index (χ0n) is 13.3. The highest BCUT2D eigenvalue weighted by Gasteiger charge is 2.30. The molecule has 1 N–H and O–H groups in total. The van der Waals surface area contributed by atoms with E-state index < -0.39 is 11.7 Å². The average molecular weight is 374 g/mol. The second-order valence-corrected chi connectivity index (χ2v) is 6.61. The van der Waals surface area contributed by atoms with Gasteiger partial charge in [0.2, 0.25) is 0 Å². The fourth-order valence-electron chi connectivity index (χ4n) is 2.29. The number of benzene rings is 2. The van der Waals surface area contributed by atoms with E-state index in [-0.39, 0.29) is 11.5 Å². The first-order chi connectivity index (χ1) is 12.3. The molecule has 6 heteroatoms. The van der Waals surface area contributed by atoms with Gasteiger partial charge < -0.3 is 5.11 Å². The van der Waals surface area contributed by atoms with Crippen LogP contribution in [0.15, 0.2) is 66.7 Å². The molecule has 0 aliphatic carbocycles. The molecule has 2 aromatic carbocycles. The molecule has 0 fully saturated rings. The van der Waals surface area contributed by atoms with Crippen LogP contribution in [0.1, 0.15) is 20.8 Å². The van der Waals surface area contributed by atoms with E-state index in [9.17, 15) is 23.1 Å². The lowest BCUT2D eigenvalue weighted by molar-refractivity contribution is -0.137. The van der Waals surface area contributed by atoms with Gasteiger partial charge in [-0.05, 0) is 53.6 Å². The molecule has 2 nitrogen and oxygen atoms in total. The minimum atomic E-state index is -4.37. The summed E-state index contributed by atoms with van der Waals surface area (Å²) >= 11 is 1.22. The van der Waals surface area contributed by atoms with Crippen LogP contribution in [0.25, 0.3) is 16.5 Å². The maximum Gasteiger partial charge on any atom is 0.416 e. The molecular formula is C20H13F3O2S. The Morgan fingerprint density at radius 2 is 1.58 bits per heavy atom. The van der Waals surface area contributed by atoms with Crippen molar-refractivity contribution in [3.8, 4) is 16.2 Å². The predicted octanol–water partition coefficient (Wildman–Crippen LogP) is 6.04. The van der Waals surface area contributed by atoms with E-state index in [1.54, 1.807) is 30.3 Å². The molecule has 0 saturated carbocycles. The first-order valence-corrected chi connectivity index (χ1v) is 8.43. The highest BCUT2D eigenvalue weighted by molar-refractivity contribution is 7.17. The predicted molar refractivity (Wildman–Crippen MR) is 96.2 cm³/mol. The third-order valence-electron chi connectivity index (χ3n) is 3.67. The number of hydrogen-bond donors (Lipinski definition) is 1. The Morgan fingerprint density at radius 3 is 2.19 bits per heavy atom. The molecule has 0 aliphatic heterocycles. The van der Waals surface area contributed by atoms with Crippen molar-refractivity contribution in [2.24, 2.45) is 0 Å². The SMILES string of the molecule is O=C(C=Cc1ccc(O)cc1)c1ccc(-c2ccc(C(F)(F)F)cc2)s1. The van der Waals surface area contributed by atoms with Crippen molar-refractivity contribution in [3.05, 3.63) is 82.7 Å². The molecule has 132 valence electrons. The molecule has 0 radical (unpaired) electrons. The van der Waals surface area contributed by atoms with E-state index in [1.165, 1.54) is 41.7 Å². The number of phenols is 1. The maximum atomic E-state index is 12.6. The zero-order valence-corrected chi connectivity index (χ0v) is 14.1. The summed E-state index contributed by atoms with van der Waals surface area (Å²) in [5.74, 6) is -0.0471. The van der Waals surface area contributed by atoms with Gasteiger partial charge in [0, 0.05) is 4.88 Å². The molecular weight excluding hydrogens is 361 g/mol. The van der Waals surface area contributed by atoms with Gasteiger partial charge in [0.05, 0.1) is 10.4 Å². The van der Waals surface area contributed by atoms with Crippen LogP contribution in [0.2, 0.25) is 0 Å². The highest BCUT2D eigenvalue weighted by Crippen LogP contribution is 2.33. The molecule has 0 amide bonds. The number of carbonyl (C=O) groups excluding carboxylic acids is 1. The second kappa shape index (κ2) is 7.17. The van der Waals surface area contributed by atoms with Gasteiger partial charge in [0.25, 0.3) is 0 Å². The fourth-order valence-corrected chi connectivity index (χ4v) is 3.22. The quantitative estimate of drug-likeness (QED) is 0.447. The van der Waals surface area contributed by atoms with Gasteiger partial charge in [-0.2, -0.15) is 13.2 Å². The molecule has 0 bridgehead atoms. The number of thiophene rings is 1. The lowest BCUT2D eigenvalue weighted by Crippen LogP contribution is -2.03. The highest BCUT2D eigenvalue weighted by atomic mass is 32.1. The van der Waals surface area contributed by atoms with Crippen LogP contribution in [0, 0.1) is 0 Å². The van der Waals surface area contributed by atoms with E-state index in [4.69, 9.17) is 0 Å². The van der Waals surface area contributed by atoms with Gasteiger partial charge in [0.15, 0.2) is 5.78 Å². The number of hydrogen-bond acceptors (Lipinski definition) is 3. The zero-order chi connectivity index (χ0) is 18.7. The monoisotopic (exact) mass is 374 g/mol. The van der Waals surface area contributed by atoms with E-state index in [0.717, 1.165) is 22.6 Å². The molecule has 1 heterocycles. The normalized spacial score (nSPS) is 11.8. The summed E-state index contributed by atoms with van der Waals surface area (Å²) in [5, 5.41) is 9.23. The van der Waals surface area contributed by atoms with Gasteiger partial charge in [-0.25, -0.2) is 0 Å². The third kappa shape index (κ3) is 4.21. The Labute approximate surface area is 151 Å².